The zero-order valence-corrected chi connectivity index (χ0v) is 19.1. The molecule has 1 amide bonds. The minimum absolute atomic E-state index is 0.187. The molecule has 2 aromatic carbocycles. The van der Waals surface area contributed by atoms with Gasteiger partial charge in [-0.25, -0.2) is 9.59 Å². The summed E-state index contributed by atoms with van der Waals surface area (Å²) in [6.07, 6.45) is -0.751. The van der Waals surface area contributed by atoms with Crippen molar-refractivity contribution in [2.24, 2.45) is 0 Å². The van der Waals surface area contributed by atoms with Gasteiger partial charge in [0.1, 0.15) is 11.6 Å². The number of carbonyl (C=O) groups excluding carboxylic acids is 2. The van der Waals surface area contributed by atoms with E-state index < -0.39 is 31.1 Å². The summed E-state index contributed by atoms with van der Waals surface area (Å²) in [6.45, 7) is 5.44. The average Bonchev–Trinajstić information content (AvgIpc) is 3.19. The summed E-state index contributed by atoms with van der Waals surface area (Å²) in [6, 6.07) is 16.3. The molecule has 1 saturated heterocycles. The summed E-state index contributed by atoms with van der Waals surface area (Å²) in [5, 5.41) is 0.805. The molecule has 166 valence electrons. The van der Waals surface area contributed by atoms with Crippen LogP contribution in [0, 0.1) is 0 Å². The molecular formula is C23H28NO6P. The zero-order valence-electron chi connectivity index (χ0n) is 18.2. The number of amides is 1. The molecule has 1 fully saturated rings. The van der Waals surface area contributed by atoms with Crippen LogP contribution < -0.4 is 10.6 Å². The Morgan fingerprint density at radius 1 is 0.968 bits per heavy atom. The molecule has 0 aromatic heterocycles. The summed E-state index contributed by atoms with van der Waals surface area (Å²) >= 11 is 0. The monoisotopic (exact) mass is 445 g/mol. The molecule has 3 rings (SSSR count). The van der Waals surface area contributed by atoms with E-state index in [0.717, 1.165) is 0 Å². The SMILES string of the molecule is CO[C@@H]1C[C@@H](C(=O)OP(=O)(c2ccccc2)c2ccccc2)N(C(=O)OC(C)(C)C)C1. The zero-order chi connectivity index (χ0) is 22.6. The second-order valence-corrected chi connectivity index (χ2v) is 10.7. The largest absolute Gasteiger partial charge is 0.444 e. The first-order valence-corrected chi connectivity index (χ1v) is 11.7. The van der Waals surface area contributed by atoms with Gasteiger partial charge in [-0.2, -0.15) is 0 Å². The summed E-state index contributed by atoms with van der Waals surface area (Å²) in [5.41, 5.74) is -0.722. The maximum atomic E-state index is 14.0. The van der Waals surface area contributed by atoms with E-state index in [-0.39, 0.29) is 19.1 Å². The highest BCUT2D eigenvalue weighted by Gasteiger charge is 2.45. The lowest BCUT2D eigenvalue weighted by molar-refractivity contribution is -0.138. The lowest BCUT2D eigenvalue weighted by Gasteiger charge is -2.28. The molecule has 2 atom stereocenters. The fourth-order valence-electron chi connectivity index (χ4n) is 3.40. The molecule has 8 heteroatoms. The van der Waals surface area contributed by atoms with Crippen molar-refractivity contribution in [1.82, 2.24) is 4.90 Å². The lowest BCUT2D eigenvalue weighted by Crippen LogP contribution is -2.44. The van der Waals surface area contributed by atoms with Gasteiger partial charge in [0.2, 0.25) is 0 Å². The van der Waals surface area contributed by atoms with Gasteiger partial charge in [0, 0.05) is 13.5 Å². The molecule has 31 heavy (non-hydrogen) atoms. The Kier molecular flexibility index (Phi) is 6.87. The van der Waals surface area contributed by atoms with Gasteiger partial charge in [-0.1, -0.05) is 36.4 Å². The molecule has 0 N–H and O–H groups in total. The first kappa shape index (κ1) is 23.0. The number of hydrogen-bond acceptors (Lipinski definition) is 6. The normalized spacial score (nSPS) is 19.2. The van der Waals surface area contributed by atoms with Crippen LogP contribution in [0.1, 0.15) is 27.2 Å². The highest BCUT2D eigenvalue weighted by atomic mass is 31.2. The van der Waals surface area contributed by atoms with Gasteiger partial charge >= 0.3 is 19.4 Å². The topological polar surface area (TPSA) is 82.1 Å². The van der Waals surface area contributed by atoms with E-state index in [1.54, 1.807) is 81.4 Å². The van der Waals surface area contributed by atoms with Gasteiger partial charge in [-0.05, 0) is 45.0 Å². The third-order valence-electron chi connectivity index (χ3n) is 4.91. The first-order valence-electron chi connectivity index (χ1n) is 10.1. The van der Waals surface area contributed by atoms with Crippen molar-refractivity contribution >= 4 is 30.0 Å². The number of methoxy groups -OCH3 is 1. The van der Waals surface area contributed by atoms with E-state index in [9.17, 15) is 14.2 Å². The minimum Gasteiger partial charge on any atom is -0.444 e. The van der Waals surface area contributed by atoms with Crippen molar-refractivity contribution in [2.45, 2.75) is 44.9 Å². The number of hydrogen-bond donors (Lipinski definition) is 0. The summed E-state index contributed by atoms with van der Waals surface area (Å²) in [7, 11) is -2.21. The number of ether oxygens (including phenoxy) is 2. The van der Waals surface area contributed by atoms with Gasteiger partial charge in [0.25, 0.3) is 0 Å². The minimum atomic E-state index is -3.73. The molecule has 7 nitrogen and oxygen atoms in total. The molecular weight excluding hydrogens is 417 g/mol. The lowest BCUT2D eigenvalue weighted by atomic mass is 10.2. The second-order valence-electron chi connectivity index (χ2n) is 8.37. The molecule has 1 aliphatic heterocycles. The Morgan fingerprint density at radius 2 is 1.48 bits per heavy atom. The Balaban J connectivity index is 1.91. The molecule has 0 unspecified atom stereocenters. The van der Waals surface area contributed by atoms with Gasteiger partial charge in [0.05, 0.1) is 23.3 Å². The predicted octanol–water partition coefficient (Wildman–Crippen LogP) is 3.48. The smallest absolute Gasteiger partial charge is 0.411 e. The average molecular weight is 445 g/mol. The number of benzene rings is 2. The fourth-order valence-corrected chi connectivity index (χ4v) is 5.42. The maximum Gasteiger partial charge on any atom is 0.411 e. The van der Waals surface area contributed by atoms with Gasteiger partial charge in [-0.3, -0.25) is 9.46 Å². The predicted molar refractivity (Wildman–Crippen MR) is 118 cm³/mol. The van der Waals surface area contributed by atoms with Gasteiger partial charge in [-0.15, -0.1) is 0 Å². The Bertz CT molecular complexity index is 914. The van der Waals surface area contributed by atoms with E-state index >= 15 is 0 Å². The van der Waals surface area contributed by atoms with Crippen LogP contribution in [-0.2, 0) is 23.4 Å². The maximum absolute atomic E-state index is 14.0. The van der Waals surface area contributed by atoms with E-state index in [1.165, 1.54) is 12.0 Å². The van der Waals surface area contributed by atoms with Crippen LogP contribution in [0.5, 0.6) is 0 Å². The Morgan fingerprint density at radius 3 is 1.94 bits per heavy atom. The number of nitrogens with zero attached hydrogens (tertiary/aromatic N) is 1. The highest BCUT2D eigenvalue weighted by Crippen LogP contribution is 2.45. The van der Waals surface area contributed by atoms with Crippen LogP contribution in [0.25, 0.3) is 0 Å². The molecule has 0 spiro atoms. The number of rotatable bonds is 5. The van der Waals surface area contributed by atoms with Crippen molar-refractivity contribution in [3.8, 4) is 0 Å². The third-order valence-corrected chi connectivity index (χ3v) is 7.30. The van der Waals surface area contributed by atoms with Crippen molar-refractivity contribution in [2.75, 3.05) is 13.7 Å². The summed E-state index contributed by atoms with van der Waals surface area (Å²) < 4.78 is 30.6. The first-order chi connectivity index (χ1) is 14.6. The van der Waals surface area contributed by atoms with Crippen LogP contribution >= 0.6 is 7.37 Å². The third kappa shape index (κ3) is 5.35. The van der Waals surface area contributed by atoms with Crippen molar-refractivity contribution < 1.29 is 28.2 Å². The quantitative estimate of drug-likeness (QED) is 0.656. The standard InChI is InChI=1S/C23H28NO6P/c1-23(2,3)29-22(26)24-16-17(28-4)15-20(24)21(25)30-31(27,18-11-7-5-8-12-18)19-13-9-6-10-14-19/h5-14,17,20H,15-16H2,1-4H3/t17-,20+/m1/s1. The molecule has 2 aromatic rings. The Hall–Kier alpha value is -2.63. The second kappa shape index (κ2) is 9.25. The Labute approximate surface area is 182 Å². The van der Waals surface area contributed by atoms with Gasteiger partial charge < -0.3 is 14.0 Å². The highest BCUT2D eigenvalue weighted by molar-refractivity contribution is 7.74. The number of carbonyl (C=O) groups is 2. The molecule has 1 aliphatic rings. The van der Waals surface area contributed by atoms with Crippen LogP contribution in [0.3, 0.4) is 0 Å². The van der Waals surface area contributed by atoms with E-state index in [4.69, 9.17) is 14.0 Å². The van der Waals surface area contributed by atoms with Crippen LogP contribution in [0.2, 0.25) is 0 Å². The molecule has 0 saturated carbocycles. The van der Waals surface area contributed by atoms with Crippen molar-refractivity contribution in [3.05, 3.63) is 60.7 Å². The molecule has 0 bridgehead atoms. The van der Waals surface area contributed by atoms with Gasteiger partial charge in [0.15, 0.2) is 0 Å². The van der Waals surface area contributed by atoms with Crippen LogP contribution in [-0.4, -0.2) is 48.4 Å². The van der Waals surface area contributed by atoms with Crippen molar-refractivity contribution in [3.63, 3.8) is 0 Å². The van der Waals surface area contributed by atoms with Crippen LogP contribution in [0.4, 0.5) is 4.79 Å². The van der Waals surface area contributed by atoms with Crippen molar-refractivity contribution in [1.29, 1.82) is 0 Å². The van der Waals surface area contributed by atoms with E-state index in [0.29, 0.717) is 10.6 Å². The summed E-state index contributed by atoms with van der Waals surface area (Å²) in [4.78, 5) is 27.3. The molecule has 0 aliphatic carbocycles. The van der Waals surface area contributed by atoms with E-state index in [1.807, 2.05) is 0 Å². The van der Waals surface area contributed by atoms with Crippen LogP contribution in [0.15, 0.2) is 60.7 Å². The molecule has 0 radical (unpaired) electrons. The number of likely N-dealkylation sites (tertiary alicyclic amines) is 1. The molecule has 1 heterocycles. The fraction of sp³-hybridized carbons (Fsp3) is 0.391. The summed E-state index contributed by atoms with van der Waals surface area (Å²) in [5.74, 6) is -0.749. The van der Waals surface area contributed by atoms with E-state index in [2.05, 4.69) is 0 Å².